The van der Waals surface area contributed by atoms with Crippen molar-refractivity contribution in [2.45, 2.75) is 12.5 Å². The molecule has 0 aromatic heterocycles. The zero-order valence-corrected chi connectivity index (χ0v) is 12.0. The number of methoxy groups -OCH3 is 1. The first-order valence-electron chi connectivity index (χ1n) is 6.95. The van der Waals surface area contributed by atoms with Crippen LogP contribution in [0.2, 0.25) is 0 Å². The van der Waals surface area contributed by atoms with Gasteiger partial charge in [-0.3, -0.25) is 4.79 Å². The molecule has 2 amide bonds. The summed E-state index contributed by atoms with van der Waals surface area (Å²) >= 11 is 0. The highest BCUT2D eigenvalue weighted by Gasteiger charge is 2.30. The molecule has 0 saturated carbocycles. The van der Waals surface area contributed by atoms with E-state index in [1.54, 1.807) is 7.11 Å². The zero-order chi connectivity index (χ0) is 15.2. The quantitative estimate of drug-likeness (QED) is 0.862. The lowest BCUT2D eigenvalue weighted by molar-refractivity contribution is -0.141. The maximum Gasteiger partial charge on any atom is 0.317 e. The third-order valence-corrected chi connectivity index (χ3v) is 3.72. The van der Waals surface area contributed by atoms with E-state index in [2.05, 4.69) is 5.32 Å². The molecular weight excluding hydrogens is 272 g/mol. The second-order valence-corrected chi connectivity index (χ2v) is 5.09. The molecule has 2 N–H and O–H groups in total. The van der Waals surface area contributed by atoms with E-state index in [0.717, 1.165) is 5.56 Å². The number of rotatable bonds is 5. The van der Waals surface area contributed by atoms with Crippen LogP contribution in [0.5, 0.6) is 0 Å². The van der Waals surface area contributed by atoms with Crippen molar-refractivity contribution in [2.75, 3.05) is 26.7 Å². The SMILES string of the molecule is COC(CNC(=O)N1CCC(C(=O)O)C1)c1ccccc1. The lowest BCUT2D eigenvalue weighted by atomic mass is 10.1. The molecule has 0 bridgehead atoms. The summed E-state index contributed by atoms with van der Waals surface area (Å²) in [5.74, 6) is -1.30. The van der Waals surface area contributed by atoms with Crippen LogP contribution in [-0.2, 0) is 9.53 Å². The van der Waals surface area contributed by atoms with E-state index in [1.807, 2.05) is 30.3 Å². The molecule has 1 saturated heterocycles. The number of aliphatic carboxylic acids is 1. The predicted octanol–water partition coefficient (Wildman–Crippen LogP) is 1.49. The third kappa shape index (κ3) is 3.95. The Kier molecular flexibility index (Phi) is 5.16. The summed E-state index contributed by atoms with van der Waals surface area (Å²) in [6.07, 6.45) is 0.294. The molecule has 2 atom stereocenters. The first-order chi connectivity index (χ1) is 10.1. The molecule has 6 heteroatoms. The number of amides is 2. The highest BCUT2D eigenvalue weighted by atomic mass is 16.5. The first-order valence-corrected chi connectivity index (χ1v) is 6.95. The monoisotopic (exact) mass is 292 g/mol. The summed E-state index contributed by atoms with van der Waals surface area (Å²) in [5.41, 5.74) is 0.991. The van der Waals surface area contributed by atoms with E-state index < -0.39 is 11.9 Å². The topological polar surface area (TPSA) is 78.9 Å². The summed E-state index contributed by atoms with van der Waals surface area (Å²) in [6.45, 7) is 1.10. The van der Waals surface area contributed by atoms with E-state index in [-0.39, 0.29) is 18.7 Å². The van der Waals surface area contributed by atoms with Crippen molar-refractivity contribution in [2.24, 2.45) is 5.92 Å². The van der Waals surface area contributed by atoms with Gasteiger partial charge in [-0.05, 0) is 12.0 Å². The number of carboxylic acids is 1. The van der Waals surface area contributed by atoms with Crippen LogP contribution >= 0.6 is 0 Å². The molecule has 1 aliphatic heterocycles. The lowest BCUT2D eigenvalue weighted by Crippen LogP contribution is -2.40. The van der Waals surface area contributed by atoms with Crippen LogP contribution in [0.3, 0.4) is 0 Å². The maximum absolute atomic E-state index is 12.0. The third-order valence-electron chi connectivity index (χ3n) is 3.72. The largest absolute Gasteiger partial charge is 0.481 e. The average molecular weight is 292 g/mol. The molecule has 1 fully saturated rings. The number of carboxylic acid groups (broad SMARTS) is 1. The zero-order valence-electron chi connectivity index (χ0n) is 12.0. The molecule has 2 rings (SSSR count). The Morgan fingerprint density at radius 3 is 2.71 bits per heavy atom. The second-order valence-electron chi connectivity index (χ2n) is 5.09. The summed E-state index contributed by atoms with van der Waals surface area (Å²) < 4.78 is 5.38. The van der Waals surface area contributed by atoms with Gasteiger partial charge in [0, 0.05) is 26.7 Å². The van der Waals surface area contributed by atoms with Crippen molar-refractivity contribution in [1.29, 1.82) is 0 Å². The number of carbonyl (C=O) groups excluding carboxylic acids is 1. The summed E-state index contributed by atoms with van der Waals surface area (Å²) in [7, 11) is 1.60. The number of urea groups is 1. The molecular formula is C15H20N2O4. The molecule has 1 aromatic rings. The van der Waals surface area contributed by atoms with Gasteiger partial charge in [-0.25, -0.2) is 4.79 Å². The van der Waals surface area contributed by atoms with Gasteiger partial charge in [0.05, 0.1) is 12.0 Å². The normalized spacial score (nSPS) is 19.3. The van der Waals surface area contributed by atoms with Gasteiger partial charge in [-0.15, -0.1) is 0 Å². The van der Waals surface area contributed by atoms with Crippen LogP contribution in [0.1, 0.15) is 18.1 Å². The highest BCUT2D eigenvalue weighted by Crippen LogP contribution is 2.17. The molecule has 0 spiro atoms. The Labute approximate surface area is 123 Å². The fourth-order valence-corrected chi connectivity index (χ4v) is 2.44. The molecule has 21 heavy (non-hydrogen) atoms. The van der Waals surface area contributed by atoms with Crippen molar-refractivity contribution in [3.05, 3.63) is 35.9 Å². The lowest BCUT2D eigenvalue weighted by Gasteiger charge is -2.20. The van der Waals surface area contributed by atoms with Gasteiger partial charge in [0.2, 0.25) is 0 Å². The van der Waals surface area contributed by atoms with Crippen molar-refractivity contribution < 1.29 is 19.4 Å². The Morgan fingerprint density at radius 2 is 2.14 bits per heavy atom. The number of benzene rings is 1. The Bertz CT molecular complexity index is 492. The molecule has 0 radical (unpaired) electrons. The predicted molar refractivity (Wildman–Crippen MR) is 76.9 cm³/mol. The van der Waals surface area contributed by atoms with Crippen LogP contribution in [0.4, 0.5) is 4.79 Å². The van der Waals surface area contributed by atoms with Crippen molar-refractivity contribution in [3.63, 3.8) is 0 Å². The molecule has 1 aliphatic rings. The van der Waals surface area contributed by atoms with Gasteiger partial charge in [-0.2, -0.15) is 0 Å². The van der Waals surface area contributed by atoms with E-state index in [4.69, 9.17) is 9.84 Å². The van der Waals surface area contributed by atoms with E-state index in [1.165, 1.54) is 4.90 Å². The van der Waals surface area contributed by atoms with E-state index in [0.29, 0.717) is 19.5 Å². The number of likely N-dealkylation sites (tertiary alicyclic amines) is 1. The average Bonchev–Trinajstić information content (AvgIpc) is 2.99. The minimum Gasteiger partial charge on any atom is -0.481 e. The summed E-state index contributed by atoms with van der Waals surface area (Å²) in [6, 6.07) is 9.40. The number of nitrogens with one attached hydrogen (secondary N) is 1. The van der Waals surface area contributed by atoms with Crippen LogP contribution in [-0.4, -0.2) is 48.8 Å². The Morgan fingerprint density at radius 1 is 1.43 bits per heavy atom. The fraction of sp³-hybridized carbons (Fsp3) is 0.467. The van der Waals surface area contributed by atoms with Crippen molar-refractivity contribution >= 4 is 12.0 Å². The van der Waals surface area contributed by atoms with Crippen LogP contribution in [0.25, 0.3) is 0 Å². The molecule has 6 nitrogen and oxygen atoms in total. The number of nitrogens with zero attached hydrogens (tertiary/aromatic N) is 1. The smallest absolute Gasteiger partial charge is 0.317 e. The first kappa shape index (κ1) is 15.3. The molecule has 0 aliphatic carbocycles. The summed E-state index contributed by atoms with van der Waals surface area (Å²) in [4.78, 5) is 24.5. The molecule has 1 aromatic carbocycles. The van der Waals surface area contributed by atoms with Crippen LogP contribution in [0.15, 0.2) is 30.3 Å². The molecule has 114 valence electrons. The van der Waals surface area contributed by atoms with Gasteiger partial charge in [0.25, 0.3) is 0 Å². The van der Waals surface area contributed by atoms with E-state index >= 15 is 0 Å². The Balaban J connectivity index is 1.85. The number of carbonyl (C=O) groups is 2. The van der Waals surface area contributed by atoms with E-state index in [9.17, 15) is 9.59 Å². The number of hydrogen-bond donors (Lipinski definition) is 2. The standard InChI is InChI=1S/C15H20N2O4/c1-21-13(11-5-3-2-4-6-11)9-16-15(20)17-8-7-12(10-17)14(18)19/h2-6,12-13H,7-10H2,1H3,(H,16,20)(H,18,19). The second kappa shape index (κ2) is 7.08. The minimum absolute atomic E-state index is 0.215. The van der Waals surface area contributed by atoms with Gasteiger partial charge in [0.15, 0.2) is 0 Å². The van der Waals surface area contributed by atoms with Crippen molar-refractivity contribution in [1.82, 2.24) is 10.2 Å². The minimum atomic E-state index is -0.843. The van der Waals surface area contributed by atoms with Gasteiger partial charge in [0.1, 0.15) is 0 Å². The maximum atomic E-state index is 12.0. The number of hydrogen-bond acceptors (Lipinski definition) is 3. The number of ether oxygens (including phenoxy) is 1. The van der Waals surface area contributed by atoms with Crippen LogP contribution < -0.4 is 5.32 Å². The van der Waals surface area contributed by atoms with Gasteiger partial charge >= 0.3 is 12.0 Å². The van der Waals surface area contributed by atoms with Gasteiger partial charge < -0.3 is 20.1 Å². The van der Waals surface area contributed by atoms with Gasteiger partial charge in [-0.1, -0.05) is 30.3 Å². The van der Waals surface area contributed by atoms with Crippen LogP contribution in [0, 0.1) is 5.92 Å². The fourth-order valence-electron chi connectivity index (χ4n) is 2.44. The Hall–Kier alpha value is -2.08. The van der Waals surface area contributed by atoms with Crippen molar-refractivity contribution in [3.8, 4) is 0 Å². The highest BCUT2D eigenvalue weighted by molar-refractivity contribution is 5.77. The molecule has 1 heterocycles. The summed E-state index contributed by atoms with van der Waals surface area (Å²) in [5, 5.41) is 11.7. The molecule has 2 unspecified atom stereocenters.